The second-order valence-corrected chi connectivity index (χ2v) is 4.38. The van der Waals surface area contributed by atoms with Crippen LogP contribution in [0.25, 0.3) is 0 Å². The molecule has 3 heteroatoms. The van der Waals surface area contributed by atoms with Gasteiger partial charge in [0.25, 0.3) is 0 Å². The number of hydrogen-bond donors (Lipinski definition) is 0. The Morgan fingerprint density at radius 3 is 2.61 bits per heavy atom. The summed E-state index contributed by atoms with van der Waals surface area (Å²) in [6, 6.07) is 9.39. The van der Waals surface area contributed by atoms with Crippen molar-refractivity contribution in [2.75, 3.05) is 0 Å². The van der Waals surface area contributed by atoms with E-state index in [0.717, 1.165) is 18.4 Å². The molecule has 2 rings (SSSR count). The lowest BCUT2D eigenvalue weighted by molar-refractivity contribution is -0.145. The fourth-order valence-electron chi connectivity index (χ4n) is 2.14. The Morgan fingerprint density at radius 2 is 2.00 bits per heavy atom. The number of esters is 1. The molecule has 1 atom stereocenters. The molecule has 94 valence electrons. The summed E-state index contributed by atoms with van der Waals surface area (Å²) in [6.45, 7) is 1.36. The Balaban J connectivity index is 2.33. The Hall–Kier alpha value is -1.90. The van der Waals surface area contributed by atoms with Gasteiger partial charge in [-0.3, -0.25) is 9.59 Å². The minimum atomic E-state index is -0.559. The van der Waals surface area contributed by atoms with Crippen LogP contribution in [0.2, 0.25) is 0 Å². The molecule has 0 aliphatic heterocycles. The maximum atomic E-state index is 11.9. The highest BCUT2D eigenvalue weighted by atomic mass is 16.5. The SMILES string of the molecule is CC(=O)OC(C1=CCCCC1=O)c1ccccc1. The minimum absolute atomic E-state index is 0.0800. The molecule has 1 aromatic carbocycles. The monoisotopic (exact) mass is 244 g/mol. The predicted octanol–water partition coefficient (Wildman–Crippen LogP) is 2.97. The fourth-order valence-corrected chi connectivity index (χ4v) is 2.14. The van der Waals surface area contributed by atoms with Gasteiger partial charge in [-0.15, -0.1) is 0 Å². The normalized spacial score (nSPS) is 16.9. The first-order chi connectivity index (χ1) is 8.68. The van der Waals surface area contributed by atoms with Crippen LogP contribution in [0.1, 0.15) is 37.9 Å². The number of carbonyl (C=O) groups is 2. The molecule has 18 heavy (non-hydrogen) atoms. The largest absolute Gasteiger partial charge is 0.453 e. The van der Waals surface area contributed by atoms with Gasteiger partial charge in [0.15, 0.2) is 11.9 Å². The summed E-state index contributed by atoms with van der Waals surface area (Å²) in [5, 5.41) is 0. The van der Waals surface area contributed by atoms with E-state index in [4.69, 9.17) is 4.74 Å². The van der Waals surface area contributed by atoms with E-state index in [1.54, 1.807) is 0 Å². The molecule has 0 aromatic heterocycles. The second kappa shape index (κ2) is 5.63. The zero-order valence-electron chi connectivity index (χ0n) is 10.4. The number of ether oxygens (including phenoxy) is 1. The van der Waals surface area contributed by atoms with Crippen LogP contribution in [0, 0.1) is 0 Å². The zero-order valence-corrected chi connectivity index (χ0v) is 10.4. The van der Waals surface area contributed by atoms with Crippen molar-refractivity contribution < 1.29 is 14.3 Å². The summed E-state index contributed by atoms with van der Waals surface area (Å²) in [5.74, 6) is -0.292. The van der Waals surface area contributed by atoms with Crippen LogP contribution in [-0.2, 0) is 14.3 Å². The van der Waals surface area contributed by atoms with E-state index in [-0.39, 0.29) is 11.8 Å². The van der Waals surface area contributed by atoms with E-state index in [1.165, 1.54) is 6.92 Å². The maximum Gasteiger partial charge on any atom is 0.303 e. The second-order valence-electron chi connectivity index (χ2n) is 4.38. The van der Waals surface area contributed by atoms with Gasteiger partial charge < -0.3 is 4.74 Å². The van der Waals surface area contributed by atoms with Crippen molar-refractivity contribution in [2.24, 2.45) is 0 Å². The summed E-state index contributed by atoms with van der Waals surface area (Å²) in [5.41, 5.74) is 1.46. The van der Waals surface area contributed by atoms with Gasteiger partial charge in [-0.25, -0.2) is 0 Å². The van der Waals surface area contributed by atoms with Crippen molar-refractivity contribution in [3.05, 3.63) is 47.5 Å². The van der Waals surface area contributed by atoms with E-state index in [9.17, 15) is 9.59 Å². The highest BCUT2D eigenvalue weighted by Crippen LogP contribution is 2.30. The first-order valence-electron chi connectivity index (χ1n) is 6.14. The Labute approximate surface area is 106 Å². The third-order valence-electron chi connectivity index (χ3n) is 2.96. The third-order valence-corrected chi connectivity index (χ3v) is 2.96. The molecule has 3 nitrogen and oxygen atoms in total. The van der Waals surface area contributed by atoms with Gasteiger partial charge in [-0.05, 0) is 18.4 Å². The average Bonchev–Trinajstić information content (AvgIpc) is 2.38. The maximum absolute atomic E-state index is 11.9. The molecule has 1 unspecified atom stereocenters. The molecule has 0 N–H and O–H groups in total. The van der Waals surface area contributed by atoms with Crippen molar-refractivity contribution >= 4 is 11.8 Å². The smallest absolute Gasteiger partial charge is 0.303 e. The van der Waals surface area contributed by atoms with Crippen molar-refractivity contribution in [1.29, 1.82) is 0 Å². The first-order valence-corrected chi connectivity index (χ1v) is 6.14. The highest BCUT2D eigenvalue weighted by Gasteiger charge is 2.26. The molecule has 0 heterocycles. The number of carbonyl (C=O) groups excluding carboxylic acids is 2. The topological polar surface area (TPSA) is 43.4 Å². The highest BCUT2D eigenvalue weighted by molar-refractivity contribution is 5.97. The fraction of sp³-hybridized carbons (Fsp3) is 0.333. The van der Waals surface area contributed by atoms with Gasteiger partial charge in [-0.1, -0.05) is 36.4 Å². The quantitative estimate of drug-likeness (QED) is 0.768. The number of ketones is 1. The number of hydrogen-bond acceptors (Lipinski definition) is 3. The van der Waals surface area contributed by atoms with Crippen LogP contribution in [0.15, 0.2) is 42.0 Å². The standard InChI is InChI=1S/C15H16O3/c1-11(16)18-15(12-7-3-2-4-8-12)13-9-5-6-10-14(13)17/h2-4,7-9,15H,5-6,10H2,1H3. The molecular formula is C15H16O3. The van der Waals surface area contributed by atoms with Crippen LogP contribution in [0.3, 0.4) is 0 Å². The van der Waals surface area contributed by atoms with Gasteiger partial charge >= 0.3 is 5.97 Å². The Morgan fingerprint density at radius 1 is 1.28 bits per heavy atom. The molecule has 0 fully saturated rings. The van der Waals surface area contributed by atoms with Crippen LogP contribution in [0.4, 0.5) is 0 Å². The number of rotatable bonds is 3. The molecule has 0 saturated heterocycles. The van der Waals surface area contributed by atoms with Gasteiger partial charge in [0.05, 0.1) is 0 Å². The van der Waals surface area contributed by atoms with Crippen LogP contribution < -0.4 is 0 Å². The van der Waals surface area contributed by atoms with Gasteiger partial charge in [0, 0.05) is 18.9 Å². The van der Waals surface area contributed by atoms with Gasteiger partial charge in [-0.2, -0.15) is 0 Å². The van der Waals surface area contributed by atoms with Crippen LogP contribution >= 0.6 is 0 Å². The molecule has 1 aliphatic rings. The van der Waals surface area contributed by atoms with Crippen molar-refractivity contribution in [3.8, 4) is 0 Å². The molecule has 1 aliphatic carbocycles. The van der Waals surface area contributed by atoms with Crippen LogP contribution in [-0.4, -0.2) is 11.8 Å². The Kier molecular flexibility index (Phi) is 3.92. The van der Waals surface area contributed by atoms with E-state index in [1.807, 2.05) is 36.4 Å². The predicted molar refractivity (Wildman–Crippen MR) is 67.9 cm³/mol. The summed E-state index contributed by atoms with van der Waals surface area (Å²) in [7, 11) is 0. The zero-order chi connectivity index (χ0) is 13.0. The third kappa shape index (κ3) is 2.86. The lowest BCUT2D eigenvalue weighted by Crippen LogP contribution is -2.19. The van der Waals surface area contributed by atoms with E-state index < -0.39 is 6.10 Å². The summed E-state index contributed by atoms with van der Waals surface area (Å²) < 4.78 is 5.32. The lowest BCUT2D eigenvalue weighted by Gasteiger charge is -2.22. The molecule has 0 amide bonds. The summed E-state index contributed by atoms with van der Waals surface area (Å²) in [4.78, 5) is 23.1. The van der Waals surface area contributed by atoms with Gasteiger partial charge in [0.1, 0.15) is 0 Å². The molecule has 0 bridgehead atoms. The van der Waals surface area contributed by atoms with Gasteiger partial charge in [0.2, 0.25) is 0 Å². The van der Waals surface area contributed by atoms with E-state index in [2.05, 4.69) is 0 Å². The minimum Gasteiger partial charge on any atom is -0.453 e. The summed E-state index contributed by atoms with van der Waals surface area (Å²) in [6.07, 6.45) is 3.62. The Bertz CT molecular complexity index is 474. The van der Waals surface area contributed by atoms with Crippen molar-refractivity contribution in [3.63, 3.8) is 0 Å². The van der Waals surface area contributed by atoms with Crippen molar-refractivity contribution in [2.45, 2.75) is 32.3 Å². The molecular weight excluding hydrogens is 228 g/mol. The number of allylic oxidation sites excluding steroid dienone is 1. The summed E-state index contributed by atoms with van der Waals surface area (Å²) >= 11 is 0. The molecule has 0 radical (unpaired) electrons. The van der Waals surface area contributed by atoms with Crippen LogP contribution in [0.5, 0.6) is 0 Å². The van der Waals surface area contributed by atoms with Crippen molar-refractivity contribution in [1.82, 2.24) is 0 Å². The number of benzene rings is 1. The lowest BCUT2D eigenvalue weighted by atomic mass is 9.90. The van der Waals surface area contributed by atoms with E-state index >= 15 is 0 Å². The first kappa shape index (κ1) is 12.6. The van der Waals surface area contributed by atoms with E-state index in [0.29, 0.717) is 12.0 Å². The number of Topliss-reactive ketones (excluding diaryl/α,β-unsaturated/α-hetero) is 1. The average molecular weight is 244 g/mol. The molecule has 0 spiro atoms. The molecule has 0 saturated carbocycles. The molecule has 1 aromatic rings.